The molecule has 1 aliphatic heterocycles. The highest BCUT2D eigenvalue weighted by molar-refractivity contribution is 5.92. The number of hydrogen-bond donors (Lipinski definition) is 1. The van der Waals surface area contributed by atoms with Crippen molar-refractivity contribution in [2.45, 2.75) is 39.7 Å². The lowest BCUT2D eigenvalue weighted by Crippen LogP contribution is -2.41. The van der Waals surface area contributed by atoms with Crippen molar-refractivity contribution in [2.75, 3.05) is 26.2 Å². The van der Waals surface area contributed by atoms with Gasteiger partial charge in [0.2, 0.25) is 0 Å². The van der Waals surface area contributed by atoms with Crippen LogP contribution in [0.1, 0.15) is 43.6 Å². The Morgan fingerprint density at radius 2 is 2.35 bits per heavy atom. The van der Waals surface area contributed by atoms with Crippen LogP contribution in [0.15, 0.2) is 12.3 Å². The first kappa shape index (κ1) is 15.0. The largest absolute Gasteiger partial charge is 0.350 e. The number of hydrogen-bond acceptors (Lipinski definition) is 3. The molecule has 0 saturated carbocycles. The molecular weight excluding hydrogens is 252 g/mol. The third-order valence-corrected chi connectivity index (χ3v) is 3.99. The summed E-state index contributed by atoms with van der Waals surface area (Å²) in [7, 11) is 0. The zero-order valence-corrected chi connectivity index (χ0v) is 12.6. The van der Waals surface area contributed by atoms with Gasteiger partial charge >= 0.3 is 0 Å². The molecule has 112 valence electrons. The maximum Gasteiger partial charge on any atom is 0.269 e. The van der Waals surface area contributed by atoms with Crippen LogP contribution >= 0.6 is 0 Å². The number of amides is 1. The van der Waals surface area contributed by atoms with Gasteiger partial charge in [0.1, 0.15) is 5.69 Å². The highest BCUT2D eigenvalue weighted by Crippen LogP contribution is 2.15. The SMILES string of the molecule is CCCn1nccc1C(=O)NCC1CCCN(CC)C1. The van der Waals surface area contributed by atoms with E-state index in [9.17, 15) is 4.79 Å². The molecule has 0 spiro atoms. The Hall–Kier alpha value is -1.36. The Morgan fingerprint density at radius 3 is 3.10 bits per heavy atom. The molecule has 5 nitrogen and oxygen atoms in total. The average molecular weight is 278 g/mol. The van der Waals surface area contributed by atoms with Crippen LogP contribution in [-0.2, 0) is 6.54 Å². The van der Waals surface area contributed by atoms with Crippen LogP contribution in [0.25, 0.3) is 0 Å². The van der Waals surface area contributed by atoms with Crippen LogP contribution < -0.4 is 5.32 Å². The lowest BCUT2D eigenvalue weighted by Gasteiger charge is -2.31. The number of nitrogens with zero attached hydrogens (tertiary/aromatic N) is 3. The van der Waals surface area contributed by atoms with E-state index in [4.69, 9.17) is 0 Å². The second-order valence-electron chi connectivity index (χ2n) is 5.55. The van der Waals surface area contributed by atoms with E-state index in [1.54, 1.807) is 16.9 Å². The van der Waals surface area contributed by atoms with Crippen molar-refractivity contribution in [2.24, 2.45) is 5.92 Å². The lowest BCUT2D eigenvalue weighted by molar-refractivity contribution is 0.0922. The molecule has 0 radical (unpaired) electrons. The van der Waals surface area contributed by atoms with E-state index in [1.165, 1.54) is 19.4 Å². The first-order chi connectivity index (χ1) is 9.74. The summed E-state index contributed by atoms with van der Waals surface area (Å²) in [5, 5.41) is 7.27. The number of aromatic nitrogens is 2. The molecule has 1 atom stereocenters. The second kappa shape index (κ2) is 7.43. The number of likely N-dealkylation sites (tertiary alicyclic amines) is 1. The van der Waals surface area contributed by atoms with E-state index < -0.39 is 0 Å². The fourth-order valence-corrected chi connectivity index (χ4v) is 2.85. The molecule has 0 aromatic carbocycles. The van der Waals surface area contributed by atoms with Gasteiger partial charge in [0.15, 0.2) is 0 Å². The Kier molecular flexibility index (Phi) is 5.59. The van der Waals surface area contributed by atoms with Crippen LogP contribution in [0.3, 0.4) is 0 Å². The van der Waals surface area contributed by atoms with Crippen LogP contribution in [-0.4, -0.2) is 46.8 Å². The van der Waals surface area contributed by atoms with Crippen LogP contribution in [0.4, 0.5) is 0 Å². The summed E-state index contributed by atoms with van der Waals surface area (Å²) in [6, 6.07) is 1.80. The third kappa shape index (κ3) is 3.82. The molecule has 1 unspecified atom stereocenters. The van der Waals surface area contributed by atoms with Gasteiger partial charge in [0.25, 0.3) is 5.91 Å². The van der Waals surface area contributed by atoms with E-state index in [0.29, 0.717) is 11.6 Å². The molecule has 1 aromatic rings. The highest BCUT2D eigenvalue weighted by Gasteiger charge is 2.20. The fraction of sp³-hybridized carbons (Fsp3) is 0.733. The zero-order valence-electron chi connectivity index (χ0n) is 12.6. The summed E-state index contributed by atoms with van der Waals surface area (Å²) in [5.74, 6) is 0.583. The minimum absolute atomic E-state index is 0.00423. The van der Waals surface area contributed by atoms with Crippen molar-refractivity contribution >= 4 is 5.91 Å². The summed E-state index contributed by atoms with van der Waals surface area (Å²) in [6.45, 7) is 9.26. The van der Waals surface area contributed by atoms with Gasteiger partial charge < -0.3 is 10.2 Å². The van der Waals surface area contributed by atoms with Gasteiger partial charge in [-0.05, 0) is 44.3 Å². The summed E-state index contributed by atoms with van der Waals surface area (Å²) >= 11 is 0. The van der Waals surface area contributed by atoms with Gasteiger partial charge in [-0.2, -0.15) is 5.10 Å². The fourth-order valence-electron chi connectivity index (χ4n) is 2.85. The molecule has 0 aliphatic carbocycles. The summed E-state index contributed by atoms with van der Waals surface area (Å²) in [5.41, 5.74) is 0.676. The first-order valence-corrected chi connectivity index (χ1v) is 7.77. The molecule has 2 heterocycles. The number of nitrogens with one attached hydrogen (secondary N) is 1. The number of carbonyl (C=O) groups is 1. The number of piperidine rings is 1. The van der Waals surface area contributed by atoms with Crippen molar-refractivity contribution in [1.29, 1.82) is 0 Å². The molecule has 1 saturated heterocycles. The number of carbonyl (C=O) groups excluding carboxylic acids is 1. The number of aryl methyl sites for hydroxylation is 1. The second-order valence-corrected chi connectivity index (χ2v) is 5.55. The van der Waals surface area contributed by atoms with E-state index in [1.807, 2.05) is 0 Å². The summed E-state index contributed by atoms with van der Waals surface area (Å²) in [6.07, 6.45) is 5.13. The summed E-state index contributed by atoms with van der Waals surface area (Å²) in [4.78, 5) is 14.7. The van der Waals surface area contributed by atoms with Crippen LogP contribution in [0.2, 0.25) is 0 Å². The lowest BCUT2D eigenvalue weighted by atomic mass is 9.98. The Morgan fingerprint density at radius 1 is 1.50 bits per heavy atom. The smallest absolute Gasteiger partial charge is 0.269 e. The van der Waals surface area contributed by atoms with E-state index in [2.05, 4.69) is 29.2 Å². The molecular formula is C15H26N4O. The summed E-state index contributed by atoms with van der Waals surface area (Å²) < 4.78 is 1.79. The predicted octanol–water partition coefficient (Wildman–Crippen LogP) is 1.75. The van der Waals surface area contributed by atoms with Gasteiger partial charge in [-0.1, -0.05) is 13.8 Å². The van der Waals surface area contributed by atoms with E-state index >= 15 is 0 Å². The molecule has 1 aliphatic rings. The van der Waals surface area contributed by atoms with Gasteiger partial charge in [0, 0.05) is 25.8 Å². The molecule has 5 heteroatoms. The monoisotopic (exact) mass is 278 g/mol. The Balaban J connectivity index is 1.84. The maximum atomic E-state index is 12.2. The van der Waals surface area contributed by atoms with Crippen LogP contribution in [0.5, 0.6) is 0 Å². The molecule has 1 aromatic heterocycles. The van der Waals surface area contributed by atoms with Crippen LogP contribution in [0, 0.1) is 5.92 Å². The van der Waals surface area contributed by atoms with E-state index in [0.717, 1.165) is 32.6 Å². The maximum absolute atomic E-state index is 12.2. The Labute approximate surface area is 121 Å². The quantitative estimate of drug-likeness (QED) is 0.862. The van der Waals surface area contributed by atoms with Crippen molar-refractivity contribution in [3.8, 4) is 0 Å². The minimum atomic E-state index is 0.00423. The average Bonchev–Trinajstić information content (AvgIpc) is 2.94. The first-order valence-electron chi connectivity index (χ1n) is 7.77. The number of rotatable bonds is 6. The predicted molar refractivity (Wildman–Crippen MR) is 79.7 cm³/mol. The van der Waals surface area contributed by atoms with Gasteiger partial charge in [0.05, 0.1) is 0 Å². The van der Waals surface area contributed by atoms with Crippen molar-refractivity contribution < 1.29 is 4.79 Å². The molecule has 1 fully saturated rings. The topological polar surface area (TPSA) is 50.2 Å². The molecule has 2 rings (SSSR count). The minimum Gasteiger partial charge on any atom is -0.350 e. The molecule has 1 amide bonds. The standard InChI is InChI=1S/C15H26N4O/c1-3-9-19-14(7-8-17-19)15(20)16-11-13-6-5-10-18(4-2)12-13/h7-8,13H,3-6,9-12H2,1-2H3,(H,16,20). The molecule has 20 heavy (non-hydrogen) atoms. The van der Waals surface area contributed by atoms with Crippen molar-refractivity contribution in [3.63, 3.8) is 0 Å². The molecule has 1 N–H and O–H groups in total. The van der Waals surface area contributed by atoms with Gasteiger partial charge in [-0.3, -0.25) is 9.48 Å². The highest BCUT2D eigenvalue weighted by atomic mass is 16.2. The zero-order chi connectivity index (χ0) is 14.4. The Bertz CT molecular complexity index is 429. The van der Waals surface area contributed by atoms with Gasteiger partial charge in [-0.25, -0.2) is 0 Å². The third-order valence-electron chi connectivity index (χ3n) is 3.99. The normalized spacial score (nSPS) is 20.0. The van der Waals surface area contributed by atoms with Crippen molar-refractivity contribution in [3.05, 3.63) is 18.0 Å². The van der Waals surface area contributed by atoms with Gasteiger partial charge in [-0.15, -0.1) is 0 Å². The van der Waals surface area contributed by atoms with Crippen molar-refractivity contribution in [1.82, 2.24) is 20.0 Å². The molecule has 0 bridgehead atoms. The van der Waals surface area contributed by atoms with E-state index in [-0.39, 0.29) is 5.91 Å².